The van der Waals surface area contributed by atoms with Gasteiger partial charge in [0.15, 0.2) is 5.82 Å². The van der Waals surface area contributed by atoms with Crippen molar-refractivity contribution in [2.24, 2.45) is 5.41 Å². The fourth-order valence-electron chi connectivity index (χ4n) is 4.10. The fourth-order valence-corrected chi connectivity index (χ4v) is 4.49. The minimum atomic E-state index is -4.49. The van der Waals surface area contributed by atoms with Crippen molar-refractivity contribution in [2.45, 2.75) is 19.0 Å². The zero-order valence-electron chi connectivity index (χ0n) is 16.6. The molecule has 0 radical (unpaired) electrons. The molecule has 0 unspecified atom stereocenters. The molecule has 2 saturated heterocycles. The lowest BCUT2D eigenvalue weighted by atomic mass is 9.79. The second-order valence-electron chi connectivity index (χ2n) is 7.94. The second-order valence-corrected chi connectivity index (χ2v) is 9.01. The lowest BCUT2D eigenvalue weighted by Gasteiger charge is -2.49. The molecule has 32 heavy (non-hydrogen) atoms. The number of alkyl halides is 5. The minimum Gasteiger partial charge on any atom is -0.370 e. The highest BCUT2D eigenvalue weighted by atomic mass is 127. The van der Waals surface area contributed by atoms with Gasteiger partial charge >= 0.3 is 6.18 Å². The Kier molecular flexibility index (Phi) is 6.11. The lowest BCUT2D eigenvalue weighted by Crippen LogP contribution is -2.57. The molecule has 0 amide bonds. The summed E-state index contributed by atoms with van der Waals surface area (Å²) < 4.78 is 64.1. The molecule has 1 spiro atoms. The van der Waals surface area contributed by atoms with Crippen LogP contribution in [0, 0.1) is 10.8 Å². The summed E-state index contributed by atoms with van der Waals surface area (Å²) in [4.78, 5) is 15.9. The van der Waals surface area contributed by atoms with Gasteiger partial charge in [0.1, 0.15) is 20.9 Å². The first-order valence-corrected chi connectivity index (χ1v) is 10.8. The van der Waals surface area contributed by atoms with Gasteiger partial charge in [-0.1, -0.05) is 0 Å². The summed E-state index contributed by atoms with van der Waals surface area (Å²) in [5, 5.41) is 10.3. The number of rotatable bonds is 6. The molecule has 13 heteroatoms. The van der Waals surface area contributed by atoms with Crippen LogP contribution in [0.3, 0.4) is 0 Å². The van der Waals surface area contributed by atoms with E-state index in [-0.39, 0.29) is 20.6 Å². The number of pyridine rings is 1. The number of hydrogen-bond acceptors (Lipinski definition) is 7. The highest BCUT2D eigenvalue weighted by molar-refractivity contribution is 14.1. The van der Waals surface area contributed by atoms with Crippen LogP contribution in [0.2, 0.25) is 0 Å². The Morgan fingerprint density at radius 2 is 1.94 bits per heavy atom. The Bertz CT molecular complexity index is 1010. The van der Waals surface area contributed by atoms with Gasteiger partial charge < -0.3 is 15.1 Å². The van der Waals surface area contributed by atoms with Gasteiger partial charge in [0, 0.05) is 43.5 Å². The quantitative estimate of drug-likeness (QED) is 0.312. The molecule has 172 valence electrons. The van der Waals surface area contributed by atoms with Gasteiger partial charge in [-0.2, -0.15) is 13.2 Å². The third-order valence-corrected chi connectivity index (χ3v) is 6.12. The number of aromatic nitrogens is 3. The van der Waals surface area contributed by atoms with Gasteiger partial charge in [0.2, 0.25) is 0 Å². The largest absolute Gasteiger partial charge is 0.433 e. The van der Waals surface area contributed by atoms with Crippen LogP contribution < -0.4 is 15.1 Å². The number of nitrogens with zero attached hydrogens (tertiary/aromatic N) is 5. The maximum Gasteiger partial charge on any atom is 0.433 e. The topological polar surface area (TPSA) is 81.0 Å². The van der Waals surface area contributed by atoms with Crippen molar-refractivity contribution in [3.8, 4) is 0 Å². The van der Waals surface area contributed by atoms with E-state index in [1.54, 1.807) is 28.7 Å². The molecule has 4 rings (SSSR count). The fraction of sp³-hybridized carbons (Fsp3) is 0.474. The van der Waals surface area contributed by atoms with Gasteiger partial charge in [0.25, 0.3) is 6.43 Å². The number of anilines is 3. The number of hydrogen-bond donors (Lipinski definition) is 2. The third-order valence-electron chi connectivity index (χ3n) is 5.61. The molecule has 2 fully saturated rings. The highest BCUT2D eigenvalue weighted by Crippen LogP contribution is 2.43. The molecule has 0 atom stereocenters. The SMILES string of the molecule is N=C(I)c1ncc(N2CCC3(CN(c4ccnc(C(F)(F)F)c4)C3)C2)nc1NCC(F)F. The van der Waals surface area contributed by atoms with Gasteiger partial charge in [-0.3, -0.25) is 10.4 Å². The molecule has 7 nitrogen and oxygen atoms in total. The van der Waals surface area contributed by atoms with Crippen LogP contribution in [0.4, 0.5) is 39.3 Å². The van der Waals surface area contributed by atoms with Gasteiger partial charge in [-0.25, -0.2) is 18.7 Å². The van der Waals surface area contributed by atoms with Crippen molar-refractivity contribution >= 4 is 43.6 Å². The monoisotopic (exact) mass is 567 g/mol. The van der Waals surface area contributed by atoms with Gasteiger partial charge in [-0.15, -0.1) is 0 Å². The van der Waals surface area contributed by atoms with E-state index in [0.29, 0.717) is 37.7 Å². The van der Waals surface area contributed by atoms with E-state index in [4.69, 9.17) is 5.41 Å². The average molecular weight is 567 g/mol. The summed E-state index contributed by atoms with van der Waals surface area (Å²) in [6, 6.07) is 2.63. The van der Waals surface area contributed by atoms with E-state index < -0.39 is 24.8 Å². The third kappa shape index (κ3) is 4.71. The smallest absolute Gasteiger partial charge is 0.370 e. The summed E-state index contributed by atoms with van der Waals surface area (Å²) in [7, 11) is 0. The van der Waals surface area contributed by atoms with E-state index in [1.165, 1.54) is 12.4 Å². The van der Waals surface area contributed by atoms with Crippen LogP contribution in [-0.2, 0) is 6.18 Å². The molecule has 2 aliphatic heterocycles. The standard InChI is InChI=1S/C19H19F5IN7/c20-13(21)6-29-17-15(16(25)26)28-7-14(30-17)31-4-2-18(8-31)9-32(10-18)11-1-3-27-12(5-11)19(22,23)24/h1,3,5,7,13,26H,2,4,6,8-10H2,(H,29,30). The lowest BCUT2D eigenvalue weighted by molar-refractivity contribution is -0.141. The van der Waals surface area contributed by atoms with E-state index in [1.807, 2.05) is 9.80 Å². The zero-order valence-corrected chi connectivity index (χ0v) is 18.8. The Labute approximate surface area is 194 Å². The van der Waals surface area contributed by atoms with Crippen LogP contribution >= 0.6 is 22.6 Å². The van der Waals surface area contributed by atoms with Crippen molar-refractivity contribution in [3.05, 3.63) is 35.9 Å². The summed E-state index contributed by atoms with van der Waals surface area (Å²) >= 11 is 1.75. The molecule has 0 aromatic carbocycles. The summed E-state index contributed by atoms with van der Waals surface area (Å²) in [5.74, 6) is 0.650. The van der Waals surface area contributed by atoms with Crippen molar-refractivity contribution in [2.75, 3.05) is 47.8 Å². The van der Waals surface area contributed by atoms with Crippen LogP contribution in [-0.4, -0.2) is 57.8 Å². The molecule has 2 N–H and O–H groups in total. The molecular weight excluding hydrogens is 548 g/mol. The molecule has 4 heterocycles. The Balaban J connectivity index is 1.44. The van der Waals surface area contributed by atoms with E-state index >= 15 is 0 Å². The molecule has 0 aliphatic carbocycles. The van der Waals surface area contributed by atoms with E-state index in [0.717, 1.165) is 12.5 Å². The average Bonchev–Trinajstić information content (AvgIpc) is 3.16. The molecular formula is C19H19F5IN7. The predicted molar refractivity (Wildman–Crippen MR) is 118 cm³/mol. The van der Waals surface area contributed by atoms with Crippen molar-refractivity contribution in [1.29, 1.82) is 5.41 Å². The molecule has 2 aliphatic rings. The van der Waals surface area contributed by atoms with E-state index in [2.05, 4.69) is 20.3 Å². The van der Waals surface area contributed by atoms with Crippen LogP contribution in [0.1, 0.15) is 17.8 Å². The molecule has 0 bridgehead atoms. The minimum absolute atomic E-state index is 0.0847. The van der Waals surface area contributed by atoms with Crippen LogP contribution in [0.15, 0.2) is 24.5 Å². The number of halogens is 6. The first-order chi connectivity index (χ1) is 15.1. The van der Waals surface area contributed by atoms with E-state index in [9.17, 15) is 22.0 Å². The Morgan fingerprint density at radius 1 is 1.22 bits per heavy atom. The van der Waals surface area contributed by atoms with Crippen LogP contribution in [0.5, 0.6) is 0 Å². The molecule has 0 saturated carbocycles. The number of nitrogens with one attached hydrogen (secondary N) is 2. The maximum absolute atomic E-state index is 12.9. The summed E-state index contributed by atoms with van der Waals surface area (Å²) in [6.45, 7) is 1.91. The van der Waals surface area contributed by atoms with Gasteiger partial charge in [-0.05, 0) is 41.1 Å². The second kappa shape index (κ2) is 8.56. The van der Waals surface area contributed by atoms with Crippen LogP contribution in [0.25, 0.3) is 0 Å². The normalized spacial score (nSPS) is 17.7. The predicted octanol–water partition coefficient (Wildman–Crippen LogP) is 4.04. The Morgan fingerprint density at radius 3 is 2.59 bits per heavy atom. The van der Waals surface area contributed by atoms with Gasteiger partial charge in [0.05, 0.1) is 12.7 Å². The molecule has 2 aromatic heterocycles. The zero-order chi connectivity index (χ0) is 23.1. The molecule has 2 aromatic rings. The first-order valence-electron chi connectivity index (χ1n) is 9.73. The van der Waals surface area contributed by atoms with Crippen molar-refractivity contribution < 1.29 is 22.0 Å². The highest BCUT2D eigenvalue weighted by Gasteiger charge is 2.48. The van der Waals surface area contributed by atoms with Crippen molar-refractivity contribution in [1.82, 2.24) is 15.0 Å². The maximum atomic E-state index is 12.9. The Hall–Kier alpha value is -2.32. The van der Waals surface area contributed by atoms with Crippen molar-refractivity contribution in [3.63, 3.8) is 0 Å². The first kappa shape index (κ1) is 22.9. The summed E-state index contributed by atoms with van der Waals surface area (Å²) in [5.41, 5.74) is -0.311. The summed E-state index contributed by atoms with van der Waals surface area (Å²) in [6.07, 6.45) is -3.55.